The molecule has 2 N–H and O–H groups in total. The van der Waals surface area contributed by atoms with Gasteiger partial charge in [-0.05, 0) is 62.7 Å². The lowest BCUT2D eigenvalue weighted by Gasteiger charge is -2.43. The lowest BCUT2D eigenvalue weighted by molar-refractivity contribution is -0.145. The number of carbonyl (C=O) groups is 3. The van der Waals surface area contributed by atoms with Crippen molar-refractivity contribution in [2.24, 2.45) is 29.6 Å². The van der Waals surface area contributed by atoms with Crippen molar-refractivity contribution >= 4 is 17.3 Å². The van der Waals surface area contributed by atoms with Crippen LogP contribution in [0.1, 0.15) is 87.0 Å². The molecule has 5 unspecified atom stereocenters. The minimum atomic E-state index is -1.09. The van der Waals surface area contributed by atoms with E-state index in [1.165, 1.54) is 33.3 Å². The molecule has 0 aromatic rings. The molecule has 1 aliphatic heterocycles. The van der Waals surface area contributed by atoms with E-state index in [0.717, 1.165) is 13.2 Å². The molecule has 0 aromatic heterocycles. The van der Waals surface area contributed by atoms with Crippen LogP contribution in [0.2, 0.25) is 0 Å². The molecule has 7 nitrogen and oxygen atoms in total. The molecule has 5 rings (SSSR count). The third-order valence-electron chi connectivity index (χ3n) is 7.48. The molecule has 0 aromatic carbocycles. The summed E-state index contributed by atoms with van der Waals surface area (Å²) in [6, 6.07) is 0. The summed E-state index contributed by atoms with van der Waals surface area (Å²) in [7, 11) is 1.45. The highest BCUT2D eigenvalue weighted by Gasteiger charge is 2.56. The number of Topliss-reactive ketones (excluding diaryl/α,β-unsaturated/α-hetero) is 3. The molecule has 4 aliphatic carbocycles. The molecule has 7 heteroatoms. The molecular weight excluding hydrogens is 520 g/mol. The Labute approximate surface area is 247 Å². The smallest absolute Gasteiger partial charge is 0.156 e. The highest BCUT2D eigenvalue weighted by atomic mass is 16.5. The van der Waals surface area contributed by atoms with Crippen molar-refractivity contribution in [3.8, 4) is 12.8 Å². The quantitative estimate of drug-likeness (QED) is 0.336. The summed E-state index contributed by atoms with van der Waals surface area (Å²) in [6.45, 7) is 15.5. The summed E-state index contributed by atoms with van der Waals surface area (Å²) in [5.74, 6) is -4.40. The Morgan fingerprint density at radius 2 is 1.41 bits per heavy atom. The molecule has 5 aliphatic rings. The van der Waals surface area contributed by atoms with Crippen LogP contribution in [0, 0.1) is 42.4 Å². The standard InChI is InChI=1S/C21H22O6.C5H10O.3C2H6.C2H2/c1-9(22)10-6-7-11-13(8-10)20(25)16-17(18(11)23)21(26)15-12(19(16)24)4-3-5-14(15)27-2;1-2-4-6-5-3-1;4*1-2/h3-5,10,12,15-17,23,25H,6-8H2,1-2H3;1-5H2;3*1-2H3;1-2H. The summed E-state index contributed by atoms with van der Waals surface area (Å²) in [6.07, 6.45) is 18.2. The minimum Gasteiger partial charge on any atom is -0.511 e. The molecule has 1 heterocycles. The summed E-state index contributed by atoms with van der Waals surface area (Å²) in [4.78, 5) is 38.2. The fourth-order valence-electron chi connectivity index (χ4n) is 5.64. The van der Waals surface area contributed by atoms with E-state index in [-0.39, 0.29) is 34.8 Å². The lowest BCUT2D eigenvalue weighted by Crippen LogP contribution is -2.51. The van der Waals surface area contributed by atoms with Crippen molar-refractivity contribution in [3.05, 3.63) is 46.7 Å². The van der Waals surface area contributed by atoms with Gasteiger partial charge in [0.15, 0.2) is 11.6 Å². The molecule has 0 bridgehead atoms. The minimum absolute atomic E-state index is 0.0205. The number of terminal acetylenes is 1. The van der Waals surface area contributed by atoms with Crippen LogP contribution in [-0.4, -0.2) is 47.9 Å². The van der Waals surface area contributed by atoms with E-state index in [9.17, 15) is 24.6 Å². The van der Waals surface area contributed by atoms with Crippen molar-refractivity contribution in [3.63, 3.8) is 0 Å². The number of aliphatic hydroxyl groups is 2. The number of aliphatic hydroxyl groups excluding tert-OH is 2. The van der Waals surface area contributed by atoms with Crippen LogP contribution in [0.3, 0.4) is 0 Å². The van der Waals surface area contributed by atoms with Gasteiger partial charge in [-0.25, -0.2) is 0 Å². The first kappa shape index (κ1) is 37.9. The number of allylic oxidation sites excluding steroid dienone is 8. The average molecular weight is 573 g/mol. The zero-order valence-electron chi connectivity index (χ0n) is 26.4. The second-order valence-corrected chi connectivity index (χ2v) is 9.37. The third kappa shape index (κ3) is 8.69. The molecule has 1 saturated heterocycles. The van der Waals surface area contributed by atoms with E-state index in [2.05, 4.69) is 12.8 Å². The number of rotatable bonds is 2. The van der Waals surface area contributed by atoms with Crippen LogP contribution in [0.25, 0.3) is 0 Å². The molecule has 0 radical (unpaired) electrons. The second kappa shape index (κ2) is 19.9. The van der Waals surface area contributed by atoms with Crippen LogP contribution >= 0.6 is 0 Å². The first-order valence-electron chi connectivity index (χ1n) is 15.1. The highest BCUT2D eigenvalue weighted by molar-refractivity contribution is 6.05. The first-order chi connectivity index (χ1) is 19.9. The Bertz CT molecular complexity index is 996. The van der Waals surface area contributed by atoms with Crippen LogP contribution < -0.4 is 0 Å². The van der Waals surface area contributed by atoms with Gasteiger partial charge in [-0.3, -0.25) is 14.4 Å². The number of hydrogen-bond donors (Lipinski definition) is 2. The van der Waals surface area contributed by atoms with Gasteiger partial charge in [-0.15, -0.1) is 12.8 Å². The molecule has 41 heavy (non-hydrogen) atoms. The molecule has 0 spiro atoms. The normalized spacial score (nSPS) is 27.3. The maximum atomic E-state index is 13.2. The summed E-state index contributed by atoms with van der Waals surface area (Å²) in [5, 5.41) is 21.8. The average Bonchev–Trinajstić information content (AvgIpc) is 3.05. The molecule has 230 valence electrons. The Hall–Kier alpha value is -3.11. The first-order valence-corrected chi connectivity index (χ1v) is 15.1. The lowest BCUT2D eigenvalue weighted by atomic mass is 9.59. The van der Waals surface area contributed by atoms with E-state index < -0.39 is 23.7 Å². The zero-order valence-corrected chi connectivity index (χ0v) is 26.4. The highest BCUT2D eigenvalue weighted by Crippen LogP contribution is 2.51. The van der Waals surface area contributed by atoms with Gasteiger partial charge < -0.3 is 19.7 Å². The fourth-order valence-corrected chi connectivity index (χ4v) is 5.64. The Balaban J connectivity index is 0.000000967. The fraction of sp³-hybridized carbons (Fsp3) is 0.618. The number of ketones is 3. The molecule has 0 amide bonds. The van der Waals surface area contributed by atoms with E-state index in [0.29, 0.717) is 36.2 Å². The van der Waals surface area contributed by atoms with Crippen molar-refractivity contribution in [1.29, 1.82) is 0 Å². The van der Waals surface area contributed by atoms with Crippen molar-refractivity contribution < 1.29 is 34.1 Å². The van der Waals surface area contributed by atoms with Crippen LogP contribution in [0.15, 0.2) is 46.7 Å². The van der Waals surface area contributed by atoms with E-state index >= 15 is 0 Å². The molecule has 5 atom stereocenters. The molecular formula is C34H52O7. The van der Waals surface area contributed by atoms with E-state index in [4.69, 9.17) is 9.47 Å². The largest absolute Gasteiger partial charge is 0.511 e. The maximum Gasteiger partial charge on any atom is 0.156 e. The monoisotopic (exact) mass is 572 g/mol. The van der Waals surface area contributed by atoms with Crippen molar-refractivity contribution in [2.45, 2.75) is 87.0 Å². The third-order valence-corrected chi connectivity index (χ3v) is 7.48. The Morgan fingerprint density at radius 1 is 0.878 bits per heavy atom. The van der Waals surface area contributed by atoms with Crippen LogP contribution in [-0.2, 0) is 23.9 Å². The summed E-state index contributed by atoms with van der Waals surface area (Å²) < 4.78 is 10.4. The topological polar surface area (TPSA) is 110 Å². The summed E-state index contributed by atoms with van der Waals surface area (Å²) >= 11 is 0. The van der Waals surface area contributed by atoms with Gasteiger partial charge in [-0.1, -0.05) is 53.7 Å². The van der Waals surface area contributed by atoms with Crippen LogP contribution in [0.4, 0.5) is 0 Å². The zero-order chi connectivity index (χ0) is 31.7. The van der Waals surface area contributed by atoms with Crippen molar-refractivity contribution in [2.75, 3.05) is 20.3 Å². The van der Waals surface area contributed by atoms with E-state index in [1.54, 1.807) is 18.2 Å². The van der Waals surface area contributed by atoms with Gasteiger partial charge in [0.2, 0.25) is 0 Å². The number of fused-ring (bicyclic) bond motifs is 3. The van der Waals surface area contributed by atoms with Gasteiger partial charge in [0.25, 0.3) is 0 Å². The second-order valence-electron chi connectivity index (χ2n) is 9.37. The SMILES string of the molecule is C#C.C1CCOCC1.CC.CC.CC.COC1=CC=CC2C(=O)C3C(O)=C4CC(C(C)=O)CCC4=C(O)C3C(=O)C12. The molecule has 2 saturated carbocycles. The number of ether oxygens (including phenoxy) is 2. The summed E-state index contributed by atoms with van der Waals surface area (Å²) in [5.41, 5.74) is 0.974. The number of carbonyl (C=O) groups excluding carboxylic acids is 3. The van der Waals surface area contributed by atoms with Gasteiger partial charge in [-0.2, -0.15) is 0 Å². The number of hydrogen-bond acceptors (Lipinski definition) is 7. The predicted molar refractivity (Wildman–Crippen MR) is 164 cm³/mol. The predicted octanol–water partition coefficient (Wildman–Crippen LogP) is 7.24. The number of methoxy groups -OCH3 is 1. The van der Waals surface area contributed by atoms with Gasteiger partial charge in [0.1, 0.15) is 23.1 Å². The van der Waals surface area contributed by atoms with E-state index in [1.807, 2.05) is 41.5 Å². The maximum absolute atomic E-state index is 13.2. The Kier molecular flexibility index (Phi) is 18.4. The van der Waals surface area contributed by atoms with Gasteiger partial charge in [0.05, 0.1) is 30.8 Å². The molecule has 3 fully saturated rings. The van der Waals surface area contributed by atoms with Crippen LogP contribution in [0.5, 0.6) is 0 Å². The van der Waals surface area contributed by atoms with Gasteiger partial charge >= 0.3 is 0 Å². The van der Waals surface area contributed by atoms with Gasteiger partial charge in [0, 0.05) is 19.1 Å². The Morgan fingerprint density at radius 3 is 1.88 bits per heavy atom. The van der Waals surface area contributed by atoms with Crippen molar-refractivity contribution in [1.82, 2.24) is 0 Å².